The number of hydrogen-bond acceptors (Lipinski definition) is 3. The Bertz CT molecular complexity index is 513. The monoisotopic (exact) mass is 271 g/mol. The summed E-state index contributed by atoms with van der Waals surface area (Å²) in [6.45, 7) is 2.30. The molecule has 2 N–H and O–H groups in total. The van der Waals surface area contributed by atoms with Crippen molar-refractivity contribution < 1.29 is 4.79 Å². The minimum absolute atomic E-state index is 0.112. The summed E-state index contributed by atoms with van der Waals surface area (Å²) in [5.41, 5.74) is 1.54. The Morgan fingerprint density at radius 3 is 2.70 bits per heavy atom. The van der Waals surface area contributed by atoms with Crippen LogP contribution in [0.5, 0.6) is 0 Å². The summed E-state index contributed by atoms with van der Waals surface area (Å²) in [4.78, 5) is 12.0. The number of nitrogens with one attached hydrogen (secondary N) is 2. The lowest BCUT2D eigenvalue weighted by molar-refractivity contribution is -0.120. The molecule has 0 radical (unpaired) electrons. The normalized spacial score (nSPS) is 16.4. The van der Waals surface area contributed by atoms with Gasteiger partial charge in [0.1, 0.15) is 5.54 Å². The maximum atomic E-state index is 12.0. The fraction of sp³-hybridized carbons (Fsp3) is 0.500. The van der Waals surface area contributed by atoms with Crippen LogP contribution in [0.15, 0.2) is 24.3 Å². The summed E-state index contributed by atoms with van der Waals surface area (Å²) >= 11 is 0. The lowest BCUT2D eigenvalue weighted by Gasteiger charge is -2.22. The quantitative estimate of drug-likeness (QED) is 0.865. The third-order valence-corrected chi connectivity index (χ3v) is 3.89. The molecular weight excluding hydrogens is 250 g/mol. The highest BCUT2D eigenvalue weighted by atomic mass is 16.2. The highest BCUT2D eigenvalue weighted by Crippen LogP contribution is 2.28. The molecule has 4 nitrogen and oxygen atoms in total. The lowest BCUT2D eigenvalue weighted by Crippen LogP contribution is -2.47. The van der Waals surface area contributed by atoms with Crippen LogP contribution in [0.2, 0.25) is 0 Å². The molecule has 0 saturated heterocycles. The molecule has 0 aromatic heterocycles. The number of para-hydroxylation sites is 1. The Balaban J connectivity index is 1.91. The standard InChI is InChI=1S/C16H21N3O/c1-2-13-7-3-4-8-14(13)18-11-15(20)19-16(12-17)9-5-6-10-16/h3-4,7-8,18H,2,5-6,9-11H2,1H3,(H,19,20). The Morgan fingerprint density at radius 1 is 1.35 bits per heavy atom. The molecule has 106 valence electrons. The van der Waals surface area contributed by atoms with Gasteiger partial charge >= 0.3 is 0 Å². The maximum Gasteiger partial charge on any atom is 0.240 e. The predicted molar refractivity (Wildman–Crippen MR) is 79.3 cm³/mol. The van der Waals surface area contributed by atoms with Crippen molar-refractivity contribution in [2.45, 2.75) is 44.6 Å². The molecule has 2 rings (SSSR count). The van der Waals surface area contributed by atoms with Crippen molar-refractivity contribution in [2.75, 3.05) is 11.9 Å². The van der Waals surface area contributed by atoms with E-state index in [4.69, 9.17) is 0 Å². The molecule has 0 atom stereocenters. The van der Waals surface area contributed by atoms with Crippen LogP contribution >= 0.6 is 0 Å². The molecule has 20 heavy (non-hydrogen) atoms. The van der Waals surface area contributed by atoms with E-state index in [0.29, 0.717) is 0 Å². The predicted octanol–water partition coefficient (Wildman–Crippen LogP) is 2.61. The lowest BCUT2D eigenvalue weighted by atomic mass is 10.00. The first kappa shape index (κ1) is 14.4. The van der Waals surface area contributed by atoms with Gasteiger partial charge in [-0.25, -0.2) is 0 Å². The number of anilines is 1. The Morgan fingerprint density at radius 2 is 2.05 bits per heavy atom. The number of nitrogens with zero attached hydrogens (tertiary/aromatic N) is 1. The average Bonchev–Trinajstić information content (AvgIpc) is 2.94. The highest BCUT2D eigenvalue weighted by Gasteiger charge is 2.35. The molecule has 1 aromatic carbocycles. The Kier molecular flexibility index (Phi) is 4.62. The summed E-state index contributed by atoms with van der Waals surface area (Å²) in [6, 6.07) is 10.2. The van der Waals surface area contributed by atoms with Crippen molar-refractivity contribution in [3.63, 3.8) is 0 Å². The number of rotatable bonds is 5. The first-order chi connectivity index (χ1) is 9.69. The highest BCUT2D eigenvalue weighted by molar-refractivity contribution is 5.82. The second kappa shape index (κ2) is 6.42. The number of carbonyl (C=O) groups excluding carboxylic acids is 1. The zero-order chi connectivity index (χ0) is 14.4. The SMILES string of the molecule is CCc1ccccc1NCC(=O)NC1(C#N)CCCC1. The zero-order valence-corrected chi connectivity index (χ0v) is 11.9. The second-order valence-corrected chi connectivity index (χ2v) is 5.31. The van der Waals surface area contributed by atoms with Gasteiger partial charge < -0.3 is 10.6 Å². The number of hydrogen-bond donors (Lipinski definition) is 2. The molecular formula is C16H21N3O. The van der Waals surface area contributed by atoms with E-state index in [2.05, 4.69) is 23.6 Å². The third-order valence-electron chi connectivity index (χ3n) is 3.89. The minimum atomic E-state index is -0.636. The van der Waals surface area contributed by atoms with Crippen LogP contribution < -0.4 is 10.6 Å². The van der Waals surface area contributed by atoms with Crippen LogP contribution in [0.4, 0.5) is 5.69 Å². The van der Waals surface area contributed by atoms with Crippen LogP contribution in [-0.2, 0) is 11.2 Å². The van der Waals surface area contributed by atoms with Crippen LogP contribution in [-0.4, -0.2) is 18.0 Å². The van der Waals surface area contributed by atoms with Gasteiger partial charge in [-0.1, -0.05) is 25.1 Å². The van der Waals surface area contributed by atoms with Gasteiger partial charge in [0.2, 0.25) is 5.91 Å². The van der Waals surface area contributed by atoms with E-state index >= 15 is 0 Å². The summed E-state index contributed by atoms with van der Waals surface area (Å²) in [5.74, 6) is -0.112. The Hall–Kier alpha value is -2.02. The van der Waals surface area contributed by atoms with Crippen molar-refractivity contribution in [3.8, 4) is 6.07 Å². The molecule has 0 spiro atoms. The van der Waals surface area contributed by atoms with Crippen LogP contribution in [0.1, 0.15) is 38.2 Å². The van der Waals surface area contributed by atoms with Crippen molar-refractivity contribution in [3.05, 3.63) is 29.8 Å². The van der Waals surface area contributed by atoms with Crippen molar-refractivity contribution in [1.82, 2.24) is 5.32 Å². The average molecular weight is 271 g/mol. The van der Waals surface area contributed by atoms with Crippen LogP contribution in [0.3, 0.4) is 0 Å². The van der Waals surface area contributed by atoms with Gasteiger partial charge in [-0.3, -0.25) is 4.79 Å². The fourth-order valence-corrected chi connectivity index (χ4v) is 2.73. The fourth-order valence-electron chi connectivity index (χ4n) is 2.73. The van der Waals surface area contributed by atoms with E-state index in [1.54, 1.807) is 0 Å². The van der Waals surface area contributed by atoms with Crippen molar-refractivity contribution >= 4 is 11.6 Å². The van der Waals surface area contributed by atoms with Crippen molar-refractivity contribution in [2.24, 2.45) is 0 Å². The molecule has 1 fully saturated rings. The number of carbonyl (C=O) groups is 1. The van der Waals surface area contributed by atoms with Gasteiger partial charge in [-0.2, -0.15) is 5.26 Å². The molecule has 0 heterocycles. The van der Waals surface area contributed by atoms with E-state index in [0.717, 1.165) is 37.8 Å². The van der Waals surface area contributed by atoms with Crippen LogP contribution in [0.25, 0.3) is 0 Å². The summed E-state index contributed by atoms with van der Waals surface area (Å²) in [5, 5.41) is 15.3. The molecule has 1 aliphatic carbocycles. The van der Waals surface area contributed by atoms with Gasteiger partial charge in [-0.05, 0) is 43.7 Å². The van der Waals surface area contributed by atoms with E-state index in [1.807, 2.05) is 24.3 Å². The molecule has 4 heteroatoms. The van der Waals surface area contributed by atoms with E-state index < -0.39 is 5.54 Å². The maximum absolute atomic E-state index is 12.0. The number of benzene rings is 1. The molecule has 1 aliphatic rings. The first-order valence-corrected chi connectivity index (χ1v) is 7.23. The second-order valence-electron chi connectivity index (χ2n) is 5.31. The van der Waals surface area contributed by atoms with Gasteiger partial charge in [0, 0.05) is 5.69 Å². The van der Waals surface area contributed by atoms with Crippen molar-refractivity contribution in [1.29, 1.82) is 5.26 Å². The van der Waals surface area contributed by atoms with E-state index in [9.17, 15) is 10.1 Å². The van der Waals surface area contributed by atoms with E-state index in [1.165, 1.54) is 5.56 Å². The topological polar surface area (TPSA) is 64.9 Å². The first-order valence-electron chi connectivity index (χ1n) is 7.23. The number of amides is 1. The molecule has 1 saturated carbocycles. The molecule has 0 bridgehead atoms. The number of aryl methyl sites for hydroxylation is 1. The van der Waals surface area contributed by atoms with Gasteiger partial charge in [0.15, 0.2) is 0 Å². The van der Waals surface area contributed by atoms with Gasteiger partial charge in [-0.15, -0.1) is 0 Å². The smallest absolute Gasteiger partial charge is 0.240 e. The van der Waals surface area contributed by atoms with Gasteiger partial charge in [0.25, 0.3) is 0 Å². The van der Waals surface area contributed by atoms with Gasteiger partial charge in [0.05, 0.1) is 12.6 Å². The minimum Gasteiger partial charge on any atom is -0.376 e. The molecule has 0 aliphatic heterocycles. The Labute approximate surface area is 120 Å². The number of nitriles is 1. The third kappa shape index (κ3) is 3.30. The summed E-state index contributed by atoms with van der Waals surface area (Å²) in [7, 11) is 0. The zero-order valence-electron chi connectivity index (χ0n) is 11.9. The summed E-state index contributed by atoms with van der Waals surface area (Å²) in [6.07, 6.45) is 4.48. The molecule has 1 amide bonds. The summed E-state index contributed by atoms with van der Waals surface area (Å²) < 4.78 is 0. The van der Waals surface area contributed by atoms with Crippen LogP contribution in [0, 0.1) is 11.3 Å². The van der Waals surface area contributed by atoms with E-state index in [-0.39, 0.29) is 12.5 Å². The molecule has 0 unspecified atom stereocenters. The largest absolute Gasteiger partial charge is 0.376 e. The molecule has 1 aromatic rings.